The summed E-state index contributed by atoms with van der Waals surface area (Å²) in [6.45, 7) is 5.00. The van der Waals surface area contributed by atoms with Crippen LogP contribution in [-0.2, 0) is 15.5 Å². The minimum atomic E-state index is -0.786. The maximum absolute atomic E-state index is 11.0. The zero-order valence-corrected chi connectivity index (χ0v) is 8.02. The van der Waals surface area contributed by atoms with E-state index in [1.165, 1.54) is 0 Å². The maximum atomic E-state index is 11.0. The molecule has 1 atom stereocenters. The third kappa shape index (κ3) is 7.97. The van der Waals surface area contributed by atoms with E-state index in [1.54, 1.807) is 0 Å². The van der Waals surface area contributed by atoms with Crippen molar-refractivity contribution in [3.05, 3.63) is 0 Å². The topological polar surface area (TPSA) is 52.3 Å². The van der Waals surface area contributed by atoms with E-state index in [1.807, 2.05) is 13.8 Å². The highest BCUT2D eigenvalue weighted by atomic mass is 32.2. The van der Waals surface area contributed by atoms with E-state index < -0.39 is 10.8 Å². The molecular formula is C7H17NO2S. The lowest BCUT2D eigenvalue weighted by Crippen LogP contribution is -2.17. The quantitative estimate of drug-likeness (QED) is 0.630. The van der Waals surface area contributed by atoms with Crippen LogP contribution in [0.25, 0.3) is 0 Å². The average molecular weight is 179 g/mol. The molecule has 0 fully saturated rings. The van der Waals surface area contributed by atoms with Crippen molar-refractivity contribution < 1.29 is 8.95 Å². The Morgan fingerprint density at radius 2 is 2.09 bits per heavy atom. The Morgan fingerprint density at radius 1 is 1.45 bits per heavy atom. The fraction of sp³-hybridized carbons (Fsp3) is 1.00. The predicted molar refractivity (Wildman–Crippen MR) is 48.0 cm³/mol. The summed E-state index contributed by atoms with van der Waals surface area (Å²) >= 11 is 0. The van der Waals surface area contributed by atoms with Gasteiger partial charge in [-0.25, -0.2) is 0 Å². The molecule has 0 amide bonds. The van der Waals surface area contributed by atoms with Gasteiger partial charge in [-0.1, -0.05) is 0 Å². The first-order valence-corrected chi connectivity index (χ1v) is 5.32. The first kappa shape index (κ1) is 11.1. The van der Waals surface area contributed by atoms with Crippen LogP contribution < -0.4 is 5.73 Å². The highest BCUT2D eigenvalue weighted by Crippen LogP contribution is 1.88. The van der Waals surface area contributed by atoms with Crippen LogP contribution in [0.5, 0.6) is 0 Å². The summed E-state index contributed by atoms with van der Waals surface area (Å²) in [4.78, 5) is 0. The summed E-state index contributed by atoms with van der Waals surface area (Å²) in [7, 11) is -0.786. The Bertz CT molecular complexity index is 117. The molecule has 0 saturated carbocycles. The first-order chi connectivity index (χ1) is 5.16. The molecule has 0 aliphatic rings. The lowest BCUT2D eigenvalue weighted by atomic mass is 10.5. The predicted octanol–water partition coefficient (Wildman–Crippen LogP) is 0.119. The average Bonchev–Trinajstić information content (AvgIpc) is 1.87. The fourth-order valence-corrected chi connectivity index (χ4v) is 1.36. The second kappa shape index (κ2) is 6.76. The van der Waals surface area contributed by atoms with Gasteiger partial charge >= 0.3 is 0 Å². The third-order valence-corrected chi connectivity index (χ3v) is 2.42. The van der Waals surface area contributed by atoms with Crippen LogP contribution in [0.1, 0.15) is 13.8 Å². The molecule has 0 heterocycles. The van der Waals surface area contributed by atoms with Crippen molar-refractivity contribution >= 4 is 10.8 Å². The summed E-state index contributed by atoms with van der Waals surface area (Å²) in [6, 6.07) is 0. The minimum Gasteiger partial charge on any atom is -0.378 e. The molecule has 1 unspecified atom stereocenters. The molecule has 2 N–H and O–H groups in total. The molecule has 3 nitrogen and oxygen atoms in total. The van der Waals surface area contributed by atoms with Crippen molar-refractivity contribution in [2.45, 2.75) is 20.0 Å². The smallest absolute Gasteiger partial charge is 0.0585 e. The number of hydrogen-bond donors (Lipinski definition) is 1. The second-order valence-electron chi connectivity index (χ2n) is 2.56. The maximum Gasteiger partial charge on any atom is 0.0585 e. The van der Waals surface area contributed by atoms with Gasteiger partial charge in [-0.05, 0) is 13.8 Å². The molecule has 0 aromatic heterocycles. The Labute approximate surface area is 70.8 Å². The van der Waals surface area contributed by atoms with E-state index in [0.717, 1.165) is 0 Å². The summed E-state index contributed by atoms with van der Waals surface area (Å²) in [5.41, 5.74) is 5.23. The number of ether oxygens (including phenoxy) is 1. The van der Waals surface area contributed by atoms with Crippen molar-refractivity contribution in [1.29, 1.82) is 0 Å². The van der Waals surface area contributed by atoms with Crippen LogP contribution in [0.4, 0.5) is 0 Å². The third-order valence-electron chi connectivity index (χ3n) is 1.11. The van der Waals surface area contributed by atoms with Crippen LogP contribution in [0, 0.1) is 0 Å². The molecule has 0 aromatic carbocycles. The molecule has 0 radical (unpaired) electrons. The molecule has 0 aliphatic carbocycles. The summed E-state index contributed by atoms with van der Waals surface area (Å²) in [5, 5.41) is 0. The summed E-state index contributed by atoms with van der Waals surface area (Å²) in [5.74, 6) is 1.19. The van der Waals surface area contributed by atoms with Crippen molar-refractivity contribution in [3.63, 3.8) is 0 Å². The Morgan fingerprint density at radius 3 is 2.55 bits per heavy atom. The molecule has 0 saturated heterocycles. The number of hydrogen-bond acceptors (Lipinski definition) is 3. The van der Waals surface area contributed by atoms with Gasteiger partial charge in [-0.2, -0.15) is 0 Å². The number of rotatable bonds is 6. The lowest BCUT2D eigenvalue weighted by molar-refractivity contribution is 0.0916. The van der Waals surface area contributed by atoms with Crippen LogP contribution in [0.3, 0.4) is 0 Å². The van der Waals surface area contributed by atoms with Gasteiger partial charge in [0.2, 0.25) is 0 Å². The Hall–Kier alpha value is 0.0700. The molecule has 68 valence electrons. The summed E-state index contributed by atoms with van der Waals surface area (Å²) < 4.78 is 16.2. The van der Waals surface area contributed by atoms with E-state index in [0.29, 0.717) is 24.7 Å². The SMILES string of the molecule is CC(C)OCCS(=O)CCN. The van der Waals surface area contributed by atoms with E-state index in [-0.39, 0.29) is 6.10 Å². The molecule has 0 aliphatic heterocycles. The monoisotopic (exact) mass is 179 g/mol. The zero-order chi connectivity index (χ0) is 8.69. The van der Waals surface area contributed by atoms with Crippen molar-refractivity contribution in [2.24, 2.45) is 5.73 Å². The van der Waals surface area contributed by atoms with E-state index in [4.69, 9.17) is 10.5 Å². The van der Waals surface area contributed by atoms with Crippen molar-refractivity contribution in [3.8, 4) is 0 Å². The van der Waals surface area contributed by atoms with Gasteiger partial charge in [-0.15, -0.1) is 0 Å². The van der Waals surface area contributed by atoms with Crippen molar-refractivity contribution in [1.82, 2.24) is 0 Å². The van der Waals surface area contributed by atoms with Crippen LogP contribution in [0.15, 0.2) is 0 Å². The normalized spacial score (nSPS) is 13.8. The molecule has 0 spiro atoms. The van der Waals surface area contributed by atoms with Gasteiger partial charge in [0.15, 0.2) is 0 Å². The fourth-order valence-electron chi connectivity index (χ4n) is 0.610. The Kier molecular flexibility index (Phi) is 6.80. The van der Waals surface area contributed by atoms with Gasteiger partial charge in [0, 0.05) is 28.9 Å². The lowest BCUT2D eigenvalue weighted by Gasteiger charge is -2.06. The van der Waals surface area contributed by atoms with Gasteiger partial charge in [-0.3, -0.25) is 4.21 Å². The Balaban J connectivity index is 3.17. The minimum absolute atomic E-state index is 0.227. The van der Waals surface area contributed by atoms with E-state index in [9.17, 15) is 4.21 Å². The molecular weight excluding hydrogens is 162 g/mol. The van der Waals surface area contributed by atoms with Crippen LogP contribution >= 0.6 is 0 Å². The largest absolute Gasteiger partial charge is 0.378 e. The van der Waals surface area contributed by atoms with Crippen LogP contribution in [0.2, 0.25) is 0 Å². The van der Waals surface area contributed by atoms with E-state index >= 15 is 0 Å². The van der Waals surface area contributed by atoms with Crippen LogP contribution in [-0.4, -0.2) is 35.0 Å². The van der Waals surface area contributed by atoms with Crippen molar-refractivity contribution in [2.75, 3.05) is 24.7 Å². The van der Waals surface area contributed by atoms with Gasteiger partial charge < -0.3 is 10.5 Å². The van der Waals surface area contributed by atoms with Gasteiger partial charge in [0.05, 0.1) is 12.7 Å². The molecule has 0 aromatic rings. The highest BCUT2D eigenvalue weighted by molar-refractivity contribution is 7.85. The summed E-state index contributed by atoms with van der Waals surface area (Å²) in [6.07, 6.45) is 0.227. The van der Waals surface area contributed by atoms with Gasteiger partial charge in [0.1, 0.15) is 0 Å². The first-order valence-electron chi connectivity index (χ1n) is 3.83. The molecule has 11 heavy (non-hydrogen) atoms. The second-order valence-corrected chi connectivity index (χ2v) is 4.25. The zero-order valence-electron chi connectivity index (χ0n) is 7.21. The van der Waals surface area contributed by atoms with Gasteiger partial charge in [0.25, 0.3) is 0 Å². The number of nitrogens with two attached hydrogens (primary N) is 1. The highest BCUT2D eigenvalue weighted by Gasteiger charge is 1.98. The standard InChI is InChI=1S/C7H17NO2S/c1-7(2)10-4-6-11(9)5-3-8/h7H,3-6,8H2,1-2H3. The molecule has 0 rings (SSSR count). The van der Waals surface area contributed by atoms with E-state index in [2.05, 4.69) is 0 Å². The molecule has 0 bridgehead atoms. The molecule has 4 heteroatoms.